The largest absolute Gasteiger partial charge is 0.441 e. The van der Waals surface area contributed by atoms with E-state index in [4.69, 9.17) is 0 Å². The van der Waals surface area contributed by atoms with Crippen molar-refractivity contribution < 1.29 is 18.0 Å². The molecule has 118 valence electrons. The molecule has 1 amide bonds. The number of amides is 1. The van der Waals surface area contributed by atoms with Crippen LogP contribution in [-0.2, 0) is 6.42 Å². The normalized spacial score (nSPS) is 11.7. The average Bonchev–Trinajstić information content (AvgIpc) is 2.31. The Labute approximate surface area is 123 Å². The predicted octanol–water partition coefficient (Wildman–Crippen LogP) is 1.95. The molecule has 0 aliphatic carbocycles. The molecule has 1 aromatic heterocycles. The first-order valence-corrected chi connectivity index (χ1v) is 7.25. The van der Waals surface area contributed by atoms with Gasteiger partial charge in [0.15, 0.2) is 0 Å². The highest BCUT2D eigenvalue weighted by atomic mass is 32.2. The summed E-state index contributed by atoms with van der Waals surface area (Å²) in [4.78, 5) is 29.1. The van der Waals surface area contributed by atoms with Crippen molar-refractivity contribution in [3.63, 3.8) is 0 Å². The maximum Gasteiger partial charge on any atom is 0.441 e. The van der Waals surface area contributed by atoms with E-state index in [1.807, 2.05) is 13.8 Å². The molecule has 0 spiro atoms. The lowest BCUT2D eigenvalue weighted by Crippen LogP contribution is -2.30. The zero-order valence-electron chi connectivity index (χ0n) is 11.6. The molecule has 0 atom stereocenters. The quantitative estimate of drug-likeness (QED) is 0.785. The Hall–Kier alpha value is -1.51. The Morgan fingerprint density at radius 3 is 2.71 bits per heavy atom. The molecule has 9 heteroatoms. The molecule has 1 heterocycles. The van der Waals surface area contributed by atoms with Crippen LogP contribution in [-0.4, -0.2) is 33.7 Å². The summed E-state index contributed by atoms with van der Waals surface area (Å²) in [6.45, 7) is 3.75. The highest BCUT2D eigenvalue weighted by Crippen LogP contribution is 2.29. The molecule has 1 rings (SSSR count). The number of carbonyl (C=O) groups excluding carboxylic acids is 1. The number of hydrogen-bond acceptors (Lipinski definition) is 4. The molecule has 0 aliphatic rings. The molecule has 0 aromatic carbocycles. The van der Waals surface area contributed by atoms with Gasteiger partial charge in [0.2, 0.25) is 0 Å². The lowest BCUT2D eigenvalue weighted by molar-refractivity contribution is -0.0327. The van der Waals surface area contributed by atoms with E-state index in [0.29, 0.717) is 12.1 Å². The van der Waals surface area contributed by atoms with E-state index in [-0.39, 0.29) is 35.7 Å². The van der Waals surface area contributed by atoms with Crippen LogP contribution >= 0.6 is 11.8 Å². The van der Waals surface area contributed by atoms with Crippen molar-refractivity contribution in [3.8, 4) is 0 Å². The molecular formula is C12H16F3N3O2S. The van der Waals surface area contributed by atoms with Gasteiger partial charge in [-0.3, -0.25) is 4.79 Å². The number of alkyl halides is 3. The fourth-order valence-electron chi connectivity index (χ4n) is 1.60. The standard InChI is InChI=1S/C12H16F3N3O2S/c1-7(2)5-8-6-9(18-11(20)17-8)10(19)16-3-4-21-12(13,14)15/h6-7H,3-5H2,1-2H3,(H,16,19)(H,17,18,20). The Balaban J connectivity index is 2.61. The second-order valence-corrected chi connectivity index (χ2v) is 5.90. The van der Waals surface area contributed by atoms with E-state index >= 15 is 0 Å². The fourth-order valence-corrected chi connectivity index (χ4v) is 2.03. The third-order valence-corrected chi connectivity index (χ3v) is 3.05. The SMILES string of the molecule is CC(C)Cc1cc(C(=O)NCCSC(F)(F)F)nc(=O)[nH]1. The number of aromatic amines is 1. The first-order valence-electron chi connectivity index (χ1n) is 6.26. The number of hydrogen-bond donors (Lipinski definition) is 2. The van der Waals surface area contributed by atoms with Crippen LogP contribution in [0, 0.1) is 5.92 Å². The summed E-state index contributed by atoms with van der Waals surface area (Å²) in [5, 5.41) is 2.30. The first kappa shape index (κ1) is 17.5. The number of rotatable bonds is 6. The van der Waals surface area contributed by atoms with Gasteiger partial charge in [-0.05, 0) is 30.2 Å². The van der Waals surface area contributed by atoms with Crippen LogP contribution in [0.4, 0.5) is 13.2 Å². The number of nitrogens with zero attached hydrogens (tertiary/aromatic N) is 1. The van der Waals surface area contributed by atoms with Gasteiger partial charge in [0.05, 0.1) is 0 Å². The van der Waals surface area contributed by atoms with Crippen molar-refractivity contribution in [2.45, 2.75) is 25.8 Å². The highest BCUT2D eigenvalue weighted by Gasteiger charge is 2.27. The molecule has 21 heavy (non-hydrogen) atoms. The summed E-state index contributed by atoms with van der Waals surface area (Å²) >= 11 is -0.218. The summed E-state index contributed by atoms with van der Waals surface area (Å²) in [6.07, 6.45) is 0.571. The molecule has 0 aliphatic heterocycles. The number of thioether (sulfide) groups is 1. The molecule has 5 nitrogen and oxygen atoms in total. The predicted molar refractivity (Wildman–Crippen MR) is 74.2 cm³/mol. The summed E-state index contributed by atoms with van der Waals surface area (Å²) in [7, 11) is 0. The molecular weight excluding hydrogens is 307 g/mol. The lowest BCUT2D eigenvalue weighted by atomic mass is 10.1. The van der Waals surface area contributed by atoms with E-state index in [1.165, 1.54) is 6.07 Å². The van der Waals surface area contributed by atoms with E-state index < -0.39 is 17.1 Å². The minimum atomic E-state index is -4.32. The smallest absolute Gasteiger partial charge is 0.350 e. The van der Waals surface area contributed by atoms with E-state index in [1.54, 1.807) is 0 Å². The molecule has 0 unspecified atom stereocenters. The number of nitrogens with one attached hydrogen (secondary N) is 2. The first-order chi connectivity index (χ1) is 9.67. The molecule has 0 bridgehead atoms. The third-order valence-electron chi connectivity index (χ3n) is 2.31. The van der Waals surface area contributed by atoms with Crippen LogP contribution in [0.2, 0.25) is 0 Å². The minimum Gasteiger partial charge on any atom is -0.350 e. The second-order valence-electron chi connectivity index (χ2n) is 4.74. The van der Waals surface area contributed by atoms with Crippen LogP contribution < -0.4 is 11.0 Å². The lowest BCUT2D eigenvalue weighted by Gasteiger charge is -2.08. The van der Waals surface area contributed by atoms with Crippen molar-refractivity contribution in [2.75, 3.05) is 12.3 Å². The van der Waals surface area contributed by atoms with Gasteiger partial charge in [0.1, 0.15) is 5.69 Å². The number of aromatic nitrogens is 2. The van der Waals surface area contributed by atoms with Gasteiger partial charge in [-0.2, -0.15) is 18.2 Å². The molecule has 2 N–H and O–H groups in total. The van der Waals surface area contributed by atoms with Gasteiger partial charge < -0.3 is 10.3 Å². The van der Waals surface area contributed by atoms with Crippen LogP contribution in [0.3, 0.4) is 0 Å². The maximum absolute atomic E-state index is 11.9. The van der Waals surface area contributed by atoms with Crippen LogP contribution in [0.25, 0.3) is 0 Å². The third kappa shape index (κ3) is 7.16. The highest BCUT2D eigenvalue weighted by molar-refractivity contribution is 8.00. The Morgan fingerprint density at radius 1 is 1.48 bits per heavy atom. The molecule has 0 radical (unpaired) electrons. The van der Waals surface area contributed by atoms with Gasteiger partial charge in [-0.25, -0.2) is 4.79 Å². The van der Waals surface area contributed by atoms with Gasteiger partial charge in [0.25, 0.3) is 5.91 Å². The zero-order chi connectivity index (χ0) is 16.0. The number of halogens is 3. The van der Waals surface area contributed by atoms with Crippen molar-refractivity contribution in [2.24, 2.45) is 5.92 Å². The number of carbonyl (C=O) groups is 1. The van der Waals surface area contributed by atoms with E-state index in [0.717, 1.165) is 0 Å². The number of H-pyrrole nitrogens is 1. The zero-order valence-corrected chi connectivity index (χ0v) is 12.4. The van der Waals surface area contributed by atoms with Gasteiger partial charge in [-0.1, -0.05) is 13.8 Å². The van der Waals surface area contributed by atoms with Crippen molar-refractivity contribution >= 4 is 17.7 Å². The Kier molecular flexibility index (Phi) is 6.25. The van der Waals surface area contributed by atoms with Crippen molar-refractivity contribution in [1.82, 2.24) is 15.3 Å². The summed E-state index contributed by atoms with van der Waals surface area (Å²) in [5.41, 5.74) is -4.49. The van der Waals surface area contributed by atoms with Gasteiger partial charge >= 0.3 is 11.2 Å². The summed E-state index contributed by atoms with van der Waals surface area (Å²) in [6, 6.07) is 1.44. The minimum absolute atomic E-state index is 0.0913. The summed E-state index contributed by atoms with van der Waals surface area (Å²) < 4.78 is 35.8. The summed E-state index contributed by atoms with van der Waals surface area (Å²) in [5.74, 6) is -0.673. The Morgan fingerprint density at radius 2 is 2.14 bits per heavy atom. The molecule has 0 fully saturated rings. The Bertz CT molecular complexity index is 543. The molecule has 1 aromatic rings. The average molecular weight is 323 g/mol. The molecule has 0 saturated carbocycles. The monoisotopic (exact) mass is 323 g/mol. The fraction of sp³-hybridized carbons (Fsp3) is 0.583. The van der Waals surface area contributed by atoms with E-state index in [9.17, 15) is 22.8 Å². The second kappa shape index (κ2) is 7.48. The van der Waals surface area contributed by atoms with Gasteiger partial charge in [0, 0.05) is 18.0 Å². The van der Waals surface area contributed by atoms with E-state index in [2.05, 4.69) is 15.3 Å². The van der Waals surface area contributed by atoms with Crippen molar-refractivity contribution in [1.29, 1.82) is 0 Å². The van der Waals surface area contributed by atoms with Crippen LogP contribution in [0.15, 0.2) is 10.9 Å². The molecule has 0 saturated heterocycles. The topological polar surface area (TPSA) is 74.8 Å². The maximum atomic E-state index is 11.9. The van der Waals surface area contributed by atoms with Crippen molar-refractivity contribution in [3.05, 3.63) is 27.9 Å². The van der Waals surface area contributed by atoms with Crippen LogP contribution in [0.1, 0.15) is 30.0 Å². The van der Waals surface area contributed by atoms with Crippen LogP contribution in [0.5, 0.6) is 0 Å². The van der Waals surface area contributed by atoms with Gasteiger partial charge in [-0.15, -0.1) is 0 Å².